The number of nitriles is 1. The van der Waals surface area contributed by atoms with Crippen LogP contribution in [-0.2, 0) is 21.2 Å². The van der Waals surface area contributed by atoms with Crippen molar-refractivity contribution in [3.8, 4) is 6.07 Å². The SMILES string of the molecule is Cc1ccc([N+](=O)[O-])cc1S(=O)(=O)N1CCN(C(=O)CCc2ccc(C#N)cc2)CC1. The van der Waals surface area contributed by atoms with Gasteiger partial charge in [-0.25, -0.2) is 8.42 Å². The monoisotopic (exact) mass is 442 g/mol. The molecule has 1 heterocycles. The van der Waals surface area contributed by atoms with E-state index in [4.69, 9.17) is 5.26 Å². The van der Waals surface area contributed by atoms with Crippen LogP contribution in [0, 0.1) is 28.4 Å². The Kier molecular flexibility index (Phi) is 6.68. The molecule has 0 spiro atoms. The number of benzene rings is 2. The van der Waals surface area contributed by atoms with Gasteiger partial charge in [-0.2, -0.15) is 9.57 Å². The average Bonchev–Trinajstić information content (AvgIpc) is 2.77. The number of carbonyl (C=O) groups excluding carboxylic acids is 1. The van der Waals surface area contributed by atoms with Crippen LogP contribution in [0.3, 0.4) is 0 Å². The van der Waals surface area contributed by atoms with Crippen molar-refractivity contribution in [3.05, 3.63) is 69.3 Å². The molecule has 31 heavy (non-hydrogen) atoms. The highest BCUT2D eigenvalue weighted by molar-refractivity contribution is 7.89. The summed E-state index contributed by atoms with van der Waals surface area (Å²) in [4.78, 5) is 24.5. The minimum atomic E-state index is -3.90. The molecular weight excluding hydrogens is 420 g/mol. The first-order valence-corrected chi connectivity index (χ1v) is 11.2. The summed E-state index contributed by atoms with van der Waals surface area (Å²) in [6.07, 6.45) is 0.832. The van der Waals surface area contributed by atoms with E-state index in [9.17, 15) is 23.3 Å². The predicted octanol–water partition coefficient (Wildman–Crippen LogP) is 2.24. The Bertz CT molecular complexity index is 1130. The van der Waals surface area contributed by atoms with Crippen LogP contribution in [0.1, 0.15) is 23.1 Å². The lowest BCUT2D eigenvalue weighted by molar-refractivity contribution is -0.385. The van der Waals surface area contributed by atoms with E-state index in [1.165, 1.54) is 16.4 Å². The predicted molar refractivity (Wildman–Crippen MR) is 113 cm³/mol. The Hall–Kier alpha value is -3.29. The van der Waals surface area contributed by atoms with E-state index in [-0.39, 0.29) is 42.7 Å². The standard InChI is InChI=1S/C21H22N4O5S/c1-16-2-8-19(25(27)28)14-20(16)31(29,30)24-12-10-23(11-13-24)21(26)9-7-17-3-5-18(15-22)6-4-17/h2-6,8,14H,7,9-13H2,1H3. The molecule has 9 nitrogen and oxygen atoms in total. The molecule has 0 atom stereocenters. The maximum Gasteiger partial charge on any atom is 0.270 e. The number of piperazine rings is 1. The van der Waals surface area contributed by atoms with E-state index >= 15 is 0 Å². The van der Waals surface area contributed by atoms with Gasteiger partial charge in [0, 0.05) is 44.7 Å². The van der Waals surface area contributed by atoms with Gasteiger partial charge in [0.05, 0.1) is 21.5 Å². The summed E-state index contributed by atoms with van der Waals surface area (Å²) in [5.74, 6) is -0.0621. The maximum atomic E-state index is 13.0. The van der Waals surface area contributed by atoms with Gasteiger partial charge in [0.1, 0.15) is 0 Å². The van der Waals surface area contributed by atoms with E-state index < -0.39 is 14.9 Å². The molecule has 1 aliphatic rings. The molecule has 1 fully saturated rings. The molecule has 2 aromatic carbocycles. The molecule has 0 radical (unpaired) electrons. The van der Waals surface area contributed by atoms with Crippen molar-refractivity contribution < 1.29 is 18.1 Å². The zero-order chi connectivity index (χ0) is 22.6. The van der Waals surface area contributed by atoms with Crippen LogP contribution in [0.4, 0.5) is 5.69 Å². The molecule has 1 amide bonds. The molecule has 0 aromatic heterocycles. The highest BCUT2D eigenvalue weighted by Gasteiger charge is 2.32. The highest BCUT2D eigenvalue weighted by Crippen LogP contribution is 2.25. The number of amides is 1. The number of nitro benzene ring substituents is 1. The van der Waals surface area contributed by atoms with Crippen molar-refractivity contribution >= 4 is 21.6 Å². The number of non-ortho nitro benzene ring substituents is 1. The Balaban J connectivity index is 1.60. The number of nitrogens with zero attached hydrogens (tertiary/aromatic N) is 4. The largest absolute Gasteiger partial charge is 0.340 e. The first-order valence-electron chi connectivity index (χ1n) is 9.74. The smallest absolute Gasteiger partial charge is 0.270 e. The molecule has 0 N–H and O–H groups in total. The summed E-state index contributed by atoms with van der Waals surface area (Å²) in [7, 11) is -3.90. The number of hydrogen-bond acceptors (Lipinski definition) is 6. The summed E-state index contributed by atoms with van der Waals surface area (Å²) in [6, 6.07) is 12.9. The topological polar surface area (TPSA) is 125 Å². The van der Waals surface area contributed by atoms with Crippen LogP contribution in [-0.4, -0.2) is 54.6 Å². The molecule has 0 aliphatic carbocycles. The molecule has 162 valence electrons. The van der Waals surface area contributed by atoms with Crippen molar-refractivity contribution in [3.63, 3.8) is 0 Å². The average molecular weight is 442 g/mol. The Morgan fingerprint density at radius 3 is 2.35 bits per heavy atom. The van der Waals surface area contributed by atoms with Crippen molar-refractivity contribution in [1.82, 2.24) is 9.21 Å². The number of aryl methyl sites for hydroxylation is 2. The van der Waals surface area contributed by atoms with Gasteiger partial charge in [0.25, 0.3) is 5.69 Å². The number of hydrogen-bond donors (Lipinski definition) is 0. The van der Waals surface area contributed by atoms with Gasteiger partial charge < -0.3 is 4.90 Å². The van der Waals surface area contributed by atoms with E-state index in [1.54, 1.807) is 24.0 Å². The van der Waals surface area contributed by atoms with Crippen LogP contribution in [0.15, 0.2) is 47.4 Å². The van der Waals surface area contributed by atoms with E-state index in [1.807, 2.05) is 18.2 Å². The van der Waals surface area contributed by atoms with Crippen molar-refractivity contribution in [2.45, 2.75) is 24.7 Å². The fourth-order valence-electron chi connectivity index (χ4n) is 3.45. The Morgan fingerprint density at radius 1 is 1.13 bits per heavy atom. The summed E-state index contributed by atoms with van der Waals surface area (Å²) in [5.41, 5.74) is 1.67. The summed E-state index contributed by atoms with van der Waals surface area (Å²) >= 11 is 0. The van der Waals surface area contributed by atoms with Crippen molar-refractivity contribution in [1.29, 1.82) is 5.26 Å². The summed E-state index contributed by atoms with van der Waals surface area (Å²) in [5, 5.41) is 19.9. The van der Waals surface area contributed by atoms with Crippen molar-refractivity contribution in [2.75, 3.05) is 26.2 Å². The third kappa shape index (κ3) is 5.07. The zero-order valence-corrected chi connectivity index (χ0v) is 17.8. The highest BCUT2D eigenvalue weighted by atomic mass is 32.2. The van der Waals surface area contributed by atoms with Gasteiger partial charge in [0.2, 0.25) is 15.9 Å². The molecule has 0 bridgehead atoms. The molecule has 1 saturated heterocycles. The first-order chi connectivity index (χ1) is 14.7. The first kappa shape index (κ1) is 22.4. The maximum absolute atomic E-state index is 13.0. The molecular formula is C21H22N4O5S. The molecule has 10 heteroatoms. The summed E-state index contributed by atoms with van der Waals surface area (Å²) in [6.45, 7) is 2.39. The van der Waals surface area contributed by atoms with Crippen LogP contribution in [0.2, 0.25) is 0 Å². The van der Waals surface area contributed by atoms with Gasteiger partial charge in [-0.05, 0) is 36.6 Å². The third-order valence-electron chi connectivity index (χ3n) is 5.30. The fraction of sp³-hybridized carbons (Fsp3) is 0.333. The Morgan fingerprint density at radius 2 is 1.77 bits per heavy atom. The lowest BCUT2D eigenvalue weighted by atomic mass is 10.1. The second-order valence-electron chi connectivity index (χ2n) is 7.30. The second-order valence-corrected chi connectivity index (χ2v) is 9.21. The van der Waals surface area contributed by atoms with Crippen LogP contribution < -0.4 is 0 Å². The molecule has 2 aromatic rings. The Labute approximate surface area is 180 Å². The van der Waals surface area contributed by atoms with Gasteiger partial charge in [-0.15, -0.1) is 0 Å². The lowest BCUT2D eigenvalue weighted by Crippen LogP contribution is -2.50. The number of nitro groups is 1. The number of rotatable bonds is 6. The van der Waals surface area contributed by atoms with Gasteiger partial charge in [-0.1, -0.05) is 18.2 Å². The minimum Gasteiger partial charge on any atom is -0.340 e. The fourth-order valence-corrected chi connectivity index (χ4v) is 5.12. The van der Waals surface area contributed by atoms with E-state index in [0.717, 1.165) is 11.6 Å². The van der Waals surface area contributed by atoms with Crippen molar-refractivity contribution in [2.24, 2.45) is 0 Å². The second kappa shape index (κ2) is 9.24. The van der Waals surface area contributed by atoms with Gasteiger partial charge >= 0.3 is 0 Å². The zero-order valence-electron chi connectivity index (χ0n) is 17.0. The quantitative estimate of drug-likeness (QED) is 0.499. The summed E-state index contributed by atoms with van der Waals surface area (Å²) < 4.78 is 27.3. The van der Waals surface area contributed by atoms with E-state index in [0.29, 0.717) is 24.0 Å². The van der Waals surface area contributed by atoms with Gasteiger partial charge in [-0.3, -0.25) is 14.9 Å². The van der Waals surface area contributed by atoms with Crippen LogP contribution in [0.5, 0.6) is 0 Å². The van der Waals surface area contributed by atoms with Crippen LogP contribution >= 0.6 is 0 Å². The normalized spacial score (nSPS) is 14.8. The minimum absolute atomic E-state index is 0.0621. The molecule has 1 aliphatic heterocycles. The molecule has 0 saturated carbocycles. The van der Waals surface area contributed by atoms with Crippen LogP contribution in [0.25, 0.3) is 0 Å². The lowest BCUT2D eigenvalue weighted by Gasteiger charge is -2.34. The number of sulfonamides is 1. The number of carbonyl (C=O) groups is 1. The van der Waals surface area contributed by atoms with Gasteiger partial charge in [0.15, 0.2) is 0 Å². The third-order valence-corrected chi connectivity index (χ3v) is 7.34. The molecule has 0 unspecified atom stereocenters. The molecule has 3 rings (SSSR count). The van der Waals surface area contributed by atoms with E-state index in [2.05, 4.69) is 0 Å².